The second kappa shape index (κ2) is 8.43. The molecule has 0 radical (unpaired) electrons. The average Bonchev–Trinajstić information content (AvgIpc) is 3.08. The number of carbonyl (C=O) groups is 1. The van der Waals surface area contributed by atoms with Crippen LogP contribution in [0, 0.1) is 0 Å². The summed E-state index contributed by atoms with van der Waals surface area (Å²) >= 11 is 1.48. The molecule has 0 unspecified atom stereocenters. The molecule has 3 aromatic rings. The van der Waals surface area contributed by atoms with Crippen molar-refractivity contribution < 1.29 is 13.2 Å². The van der Waals surface area contributed by atoms with Crippen LogP contribution in [-0.2, 0) is 9.84 Å². The second-order valence-electron chi connectivity index (χ2n) is 7.04. The van der Waals surface area contributed by atoms with E-state index in [4.69, 9.17) is 0 Å². The molecule has 0 bridgehead atoms. The van der Waals surface area contributed by atoms with Crippen LogP contribution in [0.3, 0.4) is 0 Å². The summed E-state index contributed by atoms with van der Waals surface area (Å²) in [5.74, 6) is 0.211. The Morgan fingerprint density at radius 1 is 0.862 bits per heavy atom. The van der Waals surface area contributed by atoms with Gasteiger partial charge in [-0.2, -0.15) is 0 Å². The van der Waals surface area contributed by atoms with Crippen LogP contribution in [0.15, 0.2) is 83.8 Å². The predicted molar refractivity (Wildman–Crippen MR) is 119 cm³/mol. The molecule has 1 heterocycles. The van der Waals surface area contributed by atoms with Gasteiger partial charge in [0.25, 0.3) is 5.91 Å². The fourth-order valence-corrected chi connectivity index (χ4v) is 6.99. The Hall–Kier alpha value is -2.57. The molecule has 29 heavy (non-hydrogen) atoms. The number of thioether (sulfide) groups is 1. The lowest BCUT2D eigenvalue weighted by molar-refractivity contribution is 0.102. The third-order valence-electron chi connectivity index (χ3n) is 4.87. The van der Waals surface area contributed by atoms with Gasteiger partial charge in [0, 0.05) is 15.8 Å². The molecule has 1 atom stereocenters. The van der Waals surface area contributed by atoms with Gasteiger partial charge in [-0.05, 0) is 41.8 Å². The number of hydrogen-bond acceptors (Lipinski definition) is 4. The molecule has 0 aromatic heterocycles. The van der Waals surface area contributed by atoms with Crippen LogP contribution in [0.2, 0.25) is 0 Å². The van der Waals surface area contributed by atoms with Gasteiger partial charge in [-0.15, -0.1) is 11.8 Å². The Morgan fingerprint density at radius 3 is 2.21 bits per heavy atom. The fourth-order valence-electron chi connectivity index (χ4n) is 3.37. The topological polar surface area (TPSA) is 63.2 Å². The van der Waals surface area contributed by atoms with E-state index in [0.29, 0.717) is 12.0 Å². The SMILES string of the molecule is O=C(Nc1ccc(-c2ccccc2)cc1)c1ccccc1S[C@@H]1CCS(=O)(=O)C1. The molecule has 0 aliphatic carbocycles. The third-order valence-corrected chi connectivity index (χ3v) is 8.19. The Bertz CT molecular complexity index is 1110. The number of hydrogen-bond donors (Lipinski definition) is 1. The lowest BCUT2D eigenvalue weighted by Crippen LogP contribution is -2.14. The first-order valence-electron chi connectivity index (χ1n) is 9.43. The molecule has 1 aliphatic rings. The summed E-state index contributed by atoms with van der Waals surface area (Å²) < 4.78 is 23.5. The number of amides is 1. The smallest absolute Gasteiger partial charge is 0.256 e. The van der Waals surface area contributed by atoms with Gasteiger partial charge < -0.3 is 5.32 Å². The molecule has 1 fully saturated rings. The zero-order valence-corrected chi connectivity index (χ0v) is 17.4. The summed E-state index contributed by atoms with van der Waals surface area (Å²) in [6.45, 7) is 0. The summed E-state index contributed by atoms with van der Waals surface area (Å²) in [6, 6.07) is 25.2. The van der Waals surface area contributed by atoms with Crippen molar-refractivity contribution in [2.45, 2.75) is 16.6 Å². The van der Waals surface area contributed by atoms with Crippen molar-refractivity contribution in [2.75, 3.05) is 16.8 Å². The van der Waals surface area contributed by atoms with Crippen LogP contribution in [0.4, 0.5) is 5.69 Å². The fraction of sp³-hybridized carbons (Fsp3) is 0.174. The Morgan fingerprint density at radius 2 is 1.52 bits per heavy atom. The van der Waals surface area contributed by atoms with Crippen molar-refractivity contribution in [1.29, 1.82) is 0 Å². The normalized spacial score (nSPS) is 17.7. The summed E-state index contributed by atoms with van der Waals surface area (Å²) in [7, 11) is -2.95. The maximum absolute atomic E-state index is 12.8. The molecule has 6 heteroatoms. The van der Waals surface area contributed by atoms with Crippen molar-refractivity contribution in [1.82, 2.24) is 0 Å². The van der Waals surface area contributed by atoms with Crippen LogP contribution in [0.25, 0.3) is 11.1 Å². The summed E-state index contributed by atoms with van der Waals surface area (Å²) in [4.78, 5) is 13.7. The molecule has 1 N–H and O–H groups in total. The van der Waals surface area contributed by atoms with Gasteiger partial charge in [-0.3, -0.25) is 4.79 Å². The molecular formula is C23H21NO3S2. The van der Waals surface area contributed by atoms with Crippen LogP contribution < -0.4 is 5.32 Å². The van der Waals surface area contributed by atoms with Gasteiger partial charge in [0.05, 0.1) is 17.1 Å². The summed E-state index contributed by atoms with van der Waals surface area (Å²) in [6.07, 6.45) is 0.629. The molecule has 1 amide bonds. The zero-order valence-electron chi connectivity index (χ0n) is 15.7. The largest absolute Gasteiger partial charge is 0.322 e. The lowest BCUT2D eigenvalue weighted by Gasteiger charge is -2.13. The lowest BCUT2D eigenvalue weighted by atomic mass is 10.1. The van der Waals surface area contributed by atoms with E-state index in [2.05, 4.69) is 5.32 Å². The van der Waals surface area contributed by atoms with Crippen molar-refractivity contribution in [3.8, 4) is 11.1 Å². The molecule has 3 aromatic carbocycles. The molecule has 1 aliphatic heterocycles. The number of sulfone groups is 1. The van der Waals surface area contributed by atoms with Crippen molar-refractivity contribution in [3.05, 3.63) is 84.4 Å². The highest BCUT2D eigenvalue weighted by Crippen LogP contribution is 2.33. The number of nitrogens with one attached hydrogen (secondary N) is 1. The quantitative estimate of drug-likeness (QED) is 0.635. The first-order valence-corrected chi connectivity index (χ1v) is 12.1. The van der Waals surface area contributed by atoms with E-state index in [0.717, 1.165) is 21.7 Å². The highest BCUT2D eigenvalue weighted by Gasteiger charge is 2.29. The van der Waals surface area contributed by atoms with Gasteiger partial charge in [0.2, 0.25) is 0 Å². The number of benzene rings is 3. The Balaban J connectivity index is 1.47. The Labute approximate surface area is 175 Å². The minimum Gasteiger partial charge on any atom is -0.322 e. The van der Waals surface area contributed by atoms with E-state index in [-0.39, 0.29) is 22.7 Å². The van der Waals surface area contributed by atoms with Crippen LogP contribution in [0.1, 0.15) is 16.8 Å². The summed E-state index contributed by atoms with van der Waals surface area (Å²) in [5, 5.41) is 2.95. The third kappa shape index (κ3) is 4.89. The first-order chi connectivity index (χ1) is 14.0. The maximum atomic E-state index is 12.8. The van der Waals surface area contributed by atoms with E-state index in [1.54, 1.807) is 6.07 Å². The highest BCUT2D eigenvalue weighted by atomic mass is 32.2. The van der Waals surface area contributed by atoms with E-state index >= 15 is 0 Å². The molecule has 4 rings (SSSR count). The van der Waals surface area contributed by atoms with E-state index < -0.39 is 9.84 Å². The summed E-state index contributed by atoms with van der Waals surface area (Å²) in [5.41, 5.74) is 3.49. The van der Waals surface area contributed by atoms with Gasteiger partial charge in [-0.25, -0.2) is 8.42 Å². The maximum Gasteiger partial charge on any atom is 0.256 e. The van der Waals surface area contributed by atoms with E-state index in [9.17, 15) is 13.2 Å². The minimum atomic E-state index is -2.95. The minimum absolute atomic E-state index is 0.000828. The van der Waals surface area contributed by atoms with Gasteiger partial charge in [0.1, 0.15) is 0 Å². The van der Waals surface area contributed by atoms with Crippen molar-refractivity contribution in [2.24, 2.45) is 0 Å². The molecule has 1 saturated heterocycles. The van der Waals surface area contributed by atoms with Crippen LogP contribution in [-0.4, -0.2) is 31.1 Å². The number of carbonyl (C=O) groups excluding carboxylic acids is 1. The van der Waals surface area contributed by atoms with Crippen LogP contribution in [0.5, 0.6) is 0 Å². The van der Waals surface area contributed by atoms with Crippen molar-refractivity contribution in [3.63, 3.8) is 0 Å². The number of rotatable bonds is 5. The van der Waals surface area contributed by atoms with Gasteiger partial charge in [0.15, 0.2) is 9.84 Å². The zero-order chi connectivity index (χ0) is 20.3. The van der Waals surface area contributed by atoms with Crippen LogP contribution >= 0.6 is 11.8 Å². The standard InChI is InChI=1S/C23H21NO3S2/c25-23(24-19-12-10-18(11-13-19)17-6-2-1-3-7-17)21-8-4-5-9-22(21)28-20-14-15-29(26,27)16-20/h1-13,20H,14-16H2,(H,24,25)/t20-/m1/s1. The molecule has 0 saturated carbocycles. The van der Waals surface area contributed by atoms with E-state index in [1.165, 1.54) is 11.8 Å². The molecular weight excluding hydrogens is 402 g/mol. The first kappa shape index (κ1) is 19.7. The molecule has 148 valence electrons. The van der Waals surface area contributed by atoms with E-state index in [1.807, 2.05) is 72.8 Å². The van der Waals surface area contributed by atoms with Gasteiger partial charge in [-0.1, -0.05) is 54.6 Å². The highest BCUT2D eigenvalue weighted by molar-refractivity contribution is 8.02. The Kier molecular flexibility index (Phi) is 5.74. The predicted octanol–water partition coefficient (Wildman–Crippen LogP) is 4.89. The average molecular weight is 424 g/mol. The second-order valence-corrected chi connectivity index (χ2v) is 10.6. The molecule has 4 nitrogen and oxygen atoms in total. The number of anilines is 1. The van der Waals surface area contributed by atoms with Gasteiger partial charge >= 0.3 is 0 Å². The monoisotopic (exact) mass is 423 g/mol. The van der Waals surface area contributed by atoms with Crippen molar-refractivity contribution >= 4 is 33.2 Å². The molecule has 0 spiro atoms.